The van der Waals surface area contributed by atoms with Crippen LogP contribution in [0, 0.1) is 17.8 Å². The second kappa shape index (κ2) is 15.3. The number of ether oxygens (including phenoxy) is 1. The van der Waals surface area contributed by atoms with E-state index in [0.29, 0.717) is 0 Å². The molecule has 0 bridgehead atoms. The molecule has 1 rings (SSSR count). The average molecular weight is 473 g/mol. The third-order valence-electron chi connectivity index (χ3n) is 5.80. The van der Waals surface area contributed by atoms with Gasteiger partial charge in [-0.15, -0.1) is 0 Å². The van der Waals surface area contributed by atoms with Crippen LogP contribution in [0.2, 0.25) is 0 Å². The summed E-state index contributed by atoms with van der Waals surface area (Å²) < 4.78 is 5.69. The molecular formula is C28H40O6. The summed E-state index contributed by atoms with van der Waals surface area (Å²) in [7, 11) is 0. The number of ketones is 3. The Balaban J connectivity index is 2.87. The smallest absolute Gasteiger partial charge is 0.331 e. The Morgan fingerprint density at radius 1 is 1.06 bits per heavy atom. The van der Waals surface area contributed by atoms with Gasteiger partial charge in [0.1, 0.15) is 23.5 Å². The highest BCUT2D eigenvalue weighted by Crippen LogP contribution is 2.23. The number of aliphatic hydroxyl groups is 1. The summed E-state index contributed by atoms with van der Waals surface area (Å²) in [5, 5.41) is 10.4. The second-order valence-corrected chi connectivity index (χ2v) is 9.45. The van der Waals surface area contributed by atoms with Crippen molar-refractivity contribution in [2.24, 2.45) is 17.8 Å². The molecule has 188 valence electrons. The molecule has 0 aromatic rings. The predicted octanol–water partition coefficient (Wildman–Crippen LogP) is 4.86. The van der Waals surface area contributed by atoms with Crippen LogP contribution in [0.3, 0.4) is 0 Å². The molecule has 0 aromatic heterocycles. The molecule has 0 saturated carbocycles. The number of hydrogen-bond donors (Lipinski definition) is 1. The molecule has 4 unspecified atom stereocenters. The van der Waals surface area contributed by atoms with Gasteiger partial charge in [0.05, 0.1) is 6.10 Å². The van der Waals surface area contributed by atoms with Gasteiger partial charge < -0.3 is 19.4 Å². The number of carbonyl (C=O) groups is 4. The minimum Gasteiger partial charge on any atom is -0.454 e. The Morgan fingerprint density at radius 2 is 1.68 bits per heavy atom. The highest BCUT2D eigenvalue weighted by molar-refractivity contribution is 5.83. The van der Waals surface area contributed by atoms with Crippen molar-refractivity contribution in [2.45, 2.75) is 85.4 Å². The first kappa shape index (κ1) is 29.4. The maximum Gasteiger partial charge on any atom is 0.331 e. The Hall–Kier alpha value is -2.60. The van der Waals surface area contributed by atoms with Crippen molar-refractivity contribution in [1.29, 1.82) is 0 Å². The van der Waals surface area contributed by atoms with Gasteiger partial charge in [-0.1, -0.05) is 50.3 Å². The number of Topliss-reactive ketones (excluding diaryl/α,β-unsaturated/α-hetero) is 3. The van der Waals surface area contributed by atoms with Crippen LogP contribution < -0.4 is 0 Å². The van der Waals surface area contributed by atoms with Crippen molar-refractivity contribution in [2.75, 3.05) is 0 Å². The topological polar surface area (TPSA) is 97.7 Å². The van der Waals surface area contributed by atoms with Crippen molar-refractivity contribution in [3.05, 3.63) is 48.1 Å². The average Bonchev–Trinajstić information content (AvgIpc) is 2.71. The molecule has 0 spiro atoms. The van der Waals surface area contributed by atoms with Gasteiger partial charge in [-0.05, 0) is 51.5 Å². The molecule has 1 aliphatic rings. The van der Waals surface area contributed by atoms with Crippen LogP contribution in [0.1, 0.15) is 73.1 Å². The van der Waals surface area contributed by atoms with E-state index < -0.39 is 24.1 Å². The number of allylic oxidation sites excluding steroid dienone is 5. The predicted molar refractivity (Wildman–Crippen MR) is 133 cm³/mol. The monoisotopic (exact) mass is 472 g/mol. The molecule has 1 N–H and O–H groups in total. The fourth-order valence-electron chi connectivity index (χ4n) is 4.19. The van der Waals surface area contributed by atoms with Crippen LogP contribution in [0.15, 0.2) is 48.1 Å². The van der Waals surface area contributed by atoms with Crippen LogP contribution in [-0.4, -0.2) is 40.6 Å². The summed E-state index contributed by atoms with van der Waals surface area (Å²) >= 11 is 0. The largest absolute Gasteiger partial charge is 0.454 e. The lowest BCUT2D eigenvalue weighted by atomic mass is 9.88. The van der Waals surface area contributed by atoms with E-state index in [1.165, 1.54) is 19.9 Å². The normalized spacial score (nSPS) is 24.2. The number of aliphatic hydroxyl groups excluding tert-OH is 1. The van der Waals surface area contributed by atoms with Crippen LogP contribution in [0.4, 0.5) is 0 Å². The van der Waals surface area contributed by atoms with Gasteiger partial charge in [-0.3, -0.25) is 4.79 Å². The zero-order valence-corrected chi connectivity index (χ0v) is 21.2. The second-order valence-electron chi connectivity index (χ2n) is 9.45. The summed E-state index contributed by atoms with van der Waals surface area (Å²) in [6, 6.07) is 0. The number of esters is 1. The van der Waals surface area contributed by atoms with Crippen molar-refractivity contribution < 1.29 is 29.0 Å². The van der Waals surface area contributed by atoms with E-state index in [2.05, 4.69) is 0 Å². The molecule has 4 atom stereocenters. The van der Waals surface area contributed by atoms with E-state index in [4.69, 9.17) is 4.74 Å². The molecule has 6 nitrogen and oxygen atoms in total. The van der Waals surface area contributed by atoms with Crippen LogP contribution in [0.25, 0.3) is 0 Å². The molecule has 34 heavy (non-hydrogen) atoms. The fourth-order valence-corrected chi connectivity index (χ4v) is 4.19. The first-order valence-electron chi connectivity index (χ1n) is 12.1. The standard InChI is InChI=1S/C28H40O6/c1-19-12-10-8-6-7-9-11-13-27(33)34-28(19)21(3)14-20(2)26(32)18-25(31)17-24(15-22(4)29)16-23(5)30/h6,8,10-14,19-20,24-25,28,31H,7,9,15-18H2,1-5H3/b8-6+,12-10-,13-11+,21-14+. The first-order valence-corrected chi connectivity index (χ1v) is 12.1. The summed E-state index contributed by atoms with van der Waals surface area (Å²) in [4.78, 5) is 48.0. The molecule has 0 radical (unpaired) electrons. The van der Waals surface area contributed by atoms with Gasteiger partial charge in [-0.2, -0.15) is 0 Å². The summed E-state index contributed by atoms with van der Waals surface area (Å²) in [6.07, 6.45) is 13.7. The number of carbonyl (C=O) groups excluding carboxylic acids is 4. The van der Waals surface area contributed by atoms with Gasteiger partial charge in [0.2, 0.25) is 0 Å². The highest BCUT2D eigenvalue weighted by atomic mass is 16.5. The van der Waals surface area contributed by atoms with E-state index in [9.17, 15) is 24.3 Å². The Labute approximate surface area is 203 Å². The zero-order valence-electron chi connectivity index (χ0n) is 21.2. The zero-order chi connectivity index (χ0) is 25.7. The van der Waals surface area contributed by atoms with Gasteiger partial charge in [-0.25, -0.2) is 4.79 Å². The maximum absolute atomic E-state index is 12.8. The molecule has 0 fully saturated rings. The SMILES string of the molecule is CC(=O)CC(CC(C)=O)CC(O)CC(=O)C(C)/C=C(\C)C1OC(=O)/C=C/CC/C=C/C=C\C1C. The molecular weight excluding hydrogens is 432 g/mol. The lowest BCUT2D eigenvalue weighted by molar-refractivity contribution is -0.142. The molecule has 1 aliphatic heterocycles. The van der Waals surface area contributed by atoms with Crippen molar-refractivity contribution in [1.82, 2.24) is 0 Å². The molecule has 1 heterocycles. The highest BCUT2D eigenvalue weighted by Gasteiger charge is 2.25. The van der Waals surface area contributed by atoms with Crippen molar-refractivity contribution in [3.8, 4) is 0 Å². The first-order chi connectivity index (χ1) is 16.0. The Kier molecular flexibility index (Phi) is 13.3. The van der Waals surface area contributed by atoms with Crippen LogP contribution in [0.5, 0.6) is 0 Å². The van der Waals surface area contributed by atoms with Crippen LogP contribution in [-0.2, 0) is 23.9 Å². The van der Waals surface area contributed by atoms with Gasteiger partial charge >= 0.3 is 5.97 Å². The fraction of sp³-hybridized carbons (Fsp3) is 0.571. The molecule has 0 aromatic carbocycles. The van der Waals surface area contributed by atoms with E-state index >= 15 is 0 Å². The van der Waals surface area contributed by atoms with Crippen molar-refractivity contribution >= 4 is 23.3 Å². The van der Waals surface area contributed by atoms with E-state index in [0.717, 1.165) is 18.4 Å². The molecule has 0 aliphatic carbocycles. The number of rotatable bonds is 11. The molecule has 0 amide bonds. The van der Waals surface area contributed by atoms with Gasteiger partial charge in [0.25, 0.3) is 0 Å². The lowest BCUT2D eigenvalue weighted by Gasteiger charge is -2.24. The quantitative estimate of drug-likeness (QED) is 0.340. The summed E-state index contributed by atoms with van der Waals surface area (Å²) in [5.41, 5.74) is 0.765. The summed E-state index contributed by atoms with van der Waals surface area (Å²) in [5.74, 6) is -1.50. The third kappa shape index (κ3) is 12.0. The minimum atomic E-state index is -0.926. The lowest BCUT2D eigenvalue weighted by Crippen LogP contribution is -2.26. The van der Waals surface area contributed by atoms with Crippen molar-refractivity contribution in [3.63, 3.8) is 0 Å². The van der Waals surface area contributed by atoms with E-state index in [-0.39, 0.29) is 54.9 Å². The van der Waals surface area contributed by atoms with E-state index in [1.807, 2.05) is 38.2 Å². The molecule has 6 heteroatoms. The number of cyclic esters (lactones) is 1. The maximum atomic E-state index is 12.8. The molecule has 0 saturated heterocycles. The Morgan fingerprint density at radius 3 is 2.29 bits per heavy atom. The minimum absolute atomic E-state index is 0.0446. The summed E-state index contributed by atoms with van der Waals surface area (Å²) in [6.45, 7) is 8.45. The third-order valence-corrected chi connectivity index (χ3v) is 5.80. The van der Waals surface area contributed by atoms with Crippen LogP contribution >= 0.6 is 0 Å². The Bertz CT molecular complexity index is 816. The van der Waals surface area contributed by atoms with Gasteiger partial charge in [0, 0.05) is 37.2 Å². The number of hydrogen-bond acceptors (Lipinski definition) is 6. The van der Waals surface area contributed by atoms with E-state index in [1.54, 1.807) is 19.1 Å². The van der Waals surface area contributed by atoms with Gasteiger partial charge in [0.15, 0.2) is 0 Å².